The lowest BCUT2D eigenvalue weighted by Gasteiger charge is -2.34. The van der Waals surface area contributed by atoms with E-state index < -0.39 is 107 Å². The van der Waals surface area contributed by atoms with Crippen molar-refractivity contribution in [2.24, 2.45) is 10.8 Å². The third-order valence-electron chi connectivity index (χ3n) is 7.19. The van der Waals surface area contributed by atoms with Gasteiger partial charge in [-0.2, -0.15) is 0 Å². The molecule has 0 spiro atoms. The summed E-state index contributed by atoms with van der Waals surface area (Å²) < 4.78 is 84.6. The maximum atomic E-state index is 14.9. The van der Waals surface area contributed by atoms with Gasteiger partial charge in [-0.15, -0.1) is 0 Å². The molecule has 3 rings (SSSR count). The molecule has 0 amide bonds. The lowest BCUT2D eigenvalue weighted by Crippen LogP contribution is -2.47. The minimum Gasteiger partial charge on any atom is -0.432 e. The predicted octanol–water partition coefficient (Wildman–Crippen LogP) is 1.28. The largest absolute Gasteiger partial charge is 0.510 e. The molecule has 1 saturated heterocycles. The molecule has 1 saturated carbocycles. The van der Waals surface area contributed by atoms with E-state index in [-0.39, 0.29) is 17.1 Å². The van der Waals surface area contributed by atoms with Crippen LogP contribution in [-0.2, 0) is 67.2 Å². The second-order valence-corrected chi connectivity index (χ2v) is 13.8. The van der Waals surface area contributed by atoms with Crippen LogP contribution in [0, 0.1) is 10.8 Å². The average molecular weight is 734 g/mol. The highest BCUT2D eigenvalue weighted by atomic mass is 31.2. The van der Waals surface area contributed by atoms with Crippen LogP contribution in [0.15, 0.2) is 21.9 Å². The lowest BCUT2D eigenvalue weighted by atomic mass is 9.74. The summed E-state index contributed by atoms with van der Waals surface area (Å²) in [4.78, 5) is 92.4. The number of fused-ring (bicyclic) bond motifs is 1. The van der Waals surface area contributed by atoms with Gasteiger partial charge in [-0.3, -0.25) is 18.4 Å². The summed E-state index contributed by atoms with van der Waals surface area (Å²) in [5.74, 6) is 0. The molecule has 2 aliphatic rings. The summed E-state index contributed by atoms with van der Waals surface area (Å²) in [6.07, 6.45) is -6.69. The Morgan fingerprint density at radius 3 is 1.98 bits per heavy atom. The first-order valence-electron chi connectivity index (χ1n) is 13.7. The Morgan fingerprint density at radius 1 is 1.00 bits per heavy atom. The zero-order valence-electron chi connectivity index (χ0n) is 25.9. The van der Waals surface area contributed by atoms with E-state index in [0.717, 1.165) is 19.2 Å². The van der Waals surface area contributed by atoms with E-state index in [1.54, 1.807) is 0 Å². The molecule has 2 N–H and O–H groups in total. The third kappa shape index (κ3) is 7.61. The minimum atomic E-state index is -5.17. The van der Waals surface area contributed by atoms with Crippen LogP contribution in [0.1, 0.15) is 40.8 Å². The smallest absolute Gasteiger partial charge is 0.432 e. The van der Waals surface area contributed by atoms with Crippen molar-refractivity contribution in [1.82, 2.24) is 9.13 Å². The quantitative estimate of drug-likeness (QED) is 0.0987. The standard InChI is InChI=1S/C24H33FN2O19P2/c1-14(2)43-20(32)38-12-41-48(37,42-13-39-21(33)44-15(3)4)46-17-23(10-29)22(5,9-28)18(45-24(17,23)8-25)26-7-6-16(30)27(19(26)31)11-40-47(34,35)36/h6-7,9-10,14-15,17-18H,8,11-13H2,1-5H3,(H2,34,35,36)/t17?,18-,22+,23-,24-/m1/s1. The highest BCUT2D eigenvalue weighted by Crippen LogP contribution is 2.79. The summed E-state index contributed by atoms with van der Waals surface area (Å²) in [5, 5.41) is 0. The highest BCUT2D eigenvalue weighted by molar-refractivity contribution is 7.48. The van der Waals surface area contributed by atoms with Crippen molar-refractivity contribution in [2.75, 3.05) is 20.3 Å². The Hall–Kier alpha value is -3.33. The van der Waals surface area contributed by atoms with Crippen molar-refractivity contribution in [3.05, 3.63) is 33.1 Å². The molecular weight excluding hydrogens is 701 g/mol. The number of alkyl halides is 1. The van der Waals surface area contributed by atoms with Crippen molar-refractivity contribution in [3.63, 3.8) is 0 Å². The lowest BCUT2D eigenvalue weighted by molar-refractivity contribution is -0.144. The molecule has 0 aromatic carbocycles. The molecule has 1 aliphatic heterocycles. The van der Waals surface area contributed by atoms with Gasteiger partial charge in [0, 0.05) is 12.3 Å². The number of carbonyl (C=O) groups is 4. The fraction of sp³-hybridized carbons (Fsp3) is 0.667. The van der Waals surface area contributed by atoms with Gasteiger partial charge < -0.3 is 43.1 Å². The van der Waals surface area contributed by atoms with Crippen molar-refractivity contribution >= 4 is 40.5 Å². The van der Waals surface area contributed by atoms with Gasteiger partial charge >= 0.3 is 33.6 Å². The number of phosphoric acid groups is 2. The first kappa shape index (κ1) is 39.1. The van der Waals surface area contributed by atoms with E-state index in [2.05, 4.69) is 14.0 Å². The molecule has 270 valence electrons. The van der Waals surface area contributed by atoms with Crippen molar-refractivity contribution in [3.8, 4) is 0 Å². The number of hydrogen-bond donors (Lipinski definition) is 2. The first-order chi connectivity index (χ1) is 22.3. The van der Waals surface area contributed by atoms with Crippen LogP contribution in [-0.4, -0.2) is 88.0 Å². The van der Waals surface area contributed by atoms with E-state index in [1.165, 1.54) is 27.7 Å². The van der Waals surface area contributed by atoms with Gasteiger partial charge in [0.15, 0.2) is 6.23 Å². The number of rotatable bonds is 17. The fourth-order valence-electron chi connectivity index (χ4n) is 5.01. The van der Waals surface area contributed by atoms with Crippen LogP contribution in [0.4, 0.5) is 14.0 Å². The van der Waals surface area contributed by atoms with Crippen LogP contribution in [0.3, 0.4) is 0 Å². The highest BCUT2D eigenvalue weighted by Gasteiger charge is 2.93. The van der Waals surface area contributed by atoms with Crippen molar-refractivity contribution in [2.45, 2.75) is 71.5 Å². The van der Waals surface area contributed by atoms with Crippen LogP contribution >= 0.6 is 15.6 Å². The van der Waals surface area contributed by atoms with Gasteiger partial charge in [0.25, 0.3) is 5.56 Å². The first-order valence-corrected chi connectivity index (χ1v) is 16.7. The van der Waals surface area contributed by atoms with E-state index in [1.807, 2.05) is 0 Å². The van der Waals surface area contributed by atoms with Gasteiger partial charge in [0.1, 0.15) is 43.1 Å². The molecule has 2 heterocycles. The molecule has 1 aromatic rings. The Bertz CT molecular complexity index is 1580. The molecule has 0 bridgehead atoms. The van der Waals surface area contributed by atoms with Crippen LogP contribution in [0.2, 0.25) is 0 Å². The van der Waals surface area contributed by atoms with Crippen molar-refractivity contribution in [1.29, 1.82) is 0 Å². The maximum Gasteiger partial charge on any atom is 0.510 e. The molecule has 21 nitrogen and oxygen atoms in total. The van der Waals surface area contributed by atoms with Gasteiger partial charge in [-0.25, -0.2) is 41.5 Å². The Morgan fingerprint density at radius 2 is 1.54 bits per heavy atom. The average Bonchev–Trinajstić information content (AvgIpc) is 3.44. The number of carbonyl (C=O) groups excluding carboxylic acids is 4. The fourth-order valence-corrected chi connectivity index (χ4v) is 6.43. The second-order valence-electron chi connectivity index (χ2n) is 10.9. The number of ether oxygens (including phenoxy) is 5. The van der Waals surface area contributed by atoms with Gasteiger partial charge in [-0.1, -0.05) is 0 Å². The molecule has 1 unspecified atom stereocenters. The van der Waals surface area contributed by atoms with E-state index >= 15 is 0 Å². The molecular formula is C24H33FN2O19P2. The number of phosphoric ester groups is 2. The van der Waals surface area contributed by atoms with Crippen LogP contribution in [0.25, 0.3) is 0 Å². The van der Waals surface area contributed by atoms with Gasteiger partial charge in [-0.05, 0) is 34.6 Å². The normalized spacial score (nSPS) is 26.5. The van der Waals surface area contributed by atoms with Crippen LogP contribution in [0.5, 0.6) is 0 Å². The third-order valence-corrected chi connectivity index (χ3v) is 8.95. The Balaban J connectivity index is 1.96. The van der Waals surface area contributed by atoms with Crippen LogP contribution < -0.4 is 11.2 Å². The molecule has 0 radical (unpaired) electrons. The minimum absolute atomic E-state index is 0.0565. The summed E-state index contributed by atoms with van der Waals surface area (Å²) in [7, 11) is -10.3. The number of aromatic nitrogens is 2. The number of nitrogens with zero attached hydrogens (tertiary/aromatic N) is 2. The number of hydrogen-bond acceptors (Lipinski definition) is 17. The summed E-state index contributed by atoms with van der Waals surface area (Å²) in [6.45, 7) is 1.79. The number of aldehydes is 2. The summed E-state index contributed by atoms with van der Waals surface area (Å²) >= 11 is 0. The zero-order chi connectivity index (χ0) is 36.3. The van der Waals surface area contributed by atoms with Crippen molar-refractivity contribution < 1.29 is 84.3 Å². The molecule has 1 aromatic heterocycles. The van der Waals surface area contributed by atoms with E-state index in [4.69, 9.17) is 37.6 Å². The molecule has 1 aliphatic carbocycles. The molecule has 48 heavy (non-hydrogen) atoms. The van der Waals surface area contributed by atoms with Gasteiger partial charge in [0.05, 0.1) is 17.6 Å². The summed E-state index contributed by atoms with van der Waals surface area (Å²) in [6, 6.07) is 0.733. The molecule has 5 atom stereocenters. The predicted molar refractivity (Wildman–Crippen MR) is 149 cm³/mol. The van der Waals surface area contributed by atoms with E-state index in [9.17, 15) is 42.3 Å². The zero-order valence-corrected chi connectivity index (χ0v) is 27.7. The molecule has 2 fully saturated rings. The molecule has 24 heteroatoms. The van der Waals surface area contributed by atoms with Gasteiger partial charge in [0.2, 0.25) is 13.6 Å². The topological polar surface area (TPSA) is 270 Å². The number of halogens is 1. The Kier molecular flexibility index (Phi) is 11.9. The monoisotopic (exact) mass is 734 g/mol. The van der Waals surface area contributed by atoms with E-state index in [0.29, 0.717) is 4.57 Å². The maximum absolute atomic E-state index is 14.9. The summed E-state index contributed by atoms with van der Waals surface area (Å²) in [5.41, 5.74) is -9.57. The SMILES string of the molecule is CC(C)OC(=O)OCOP(=O)(OCOC(=O)OC(C)C)OC1[C@]2(C=O)[C@@](C)(C=O)[C@H](n3ccc(=O)n(COP(=O)(O)O)c3=O)O[C@]12CF. The Labute approximate surface area is 269 Å². The second kappa shape index (κ2) is 14.7.